The van der Waals surface area contributed by atoms with Crippen LogP contribution in [0.2, 0.25) is 10.0 Å². The van der Waals surface area contributed by atoms with Gasteiger partial charge in [0, 0.05) is 5.25 Å². The van der Waals surface area contributed by atoms with Crippen molar-refractivity contribution in [1.29, 1.82) is 0 Å². The molecule has 0 N–H and O–H groups in total. The summed E-state index contributed by atoms with van der Waals surface area (Å²) >= 11 is 19.1. The van der Waals surface area contributed by atoms with Crippen molar-refractivity contribution in [3.05, 3.63) is 28.2 Å². The summed E-state index contributed by atoms with van der Waals surface area (Å²) in [5.41, 5.74) is 0.539. The summed E-state index contributed by atoms with van der Waals surface area (Å²) < 4.78 is 23.9. The first-order chi connectivity index (χ1) is 10.8. The van der Waals surface area contributed by atoms with E-state index in [0.29, 0.717) is 20.9 Å². The highest BCUT2D eigenvalue weighted by Crippen LogP contribution is 2.44. The number of thioether (sulfide) groups is 1. The highest BCUT2D eigenvalue weighted by molar-refractivity contribution is 8.16. The molecule has 0 bridgehead atoms. The lowest BCUT2D eigenvalue weighted by Crippen LogP contribution is -2.38. The molecule has 1 aromatic rings. The van der Waals surface area contributed by atoms with Crippen LogP contribution in [0.5, 0.6) is 0 Å². The van der Waals surface area contributed by atoms with E-state index in [1.807, 2.05) is 0 Å². The quantitative estimate of drug-likeness (QED) is 0.698. The van der Waals surface area contributed by atoms with Crippen molar-refractivity contribution in [2.45, 2.75) is 11.3 Å². The van der Waals surface area contributed by atoms with Gasteiger partial charge in [-0.15, -0.1) is 11.6 Å². The second-order valence-corrected chi connectivity index (χ2v) is 9.58. The van der Waals surface area contributed by atoms with E-state index in [1.165, 1.54) is 11.8 Å². The molecule has 10 heteroatoms. The van der Waals surface area contributed by atoms with Gasteiger partial charge in [0.2, 0.25) is 0 Å². The van der Waals surface area contributed by atoms with Crippen LogP contribution >= 0.6 is 46.6 Å². The number of amides is 1. The first-order valence-electron chi connectivity index (χ1n) is 6.60. The zero-order valence-electron chi connectivity index (χ0n) is 11.6. The molecule has 0 unspecified atom stereocenters. The van der Waals surface area contributed by atoms with Crippen LogP contribution < -0.4 is 4.90 Å². The number of rotatable bonds is 2. The van der Waals surface area contributed by atoms with Crippen molar-refractivity contribution in [2.24, 2.45) is 4.99 Å². The number of nitrogens with zero attached hydrogens (tertiary/aromatic N) is 2. The molecule has 2 atom stereocenters. The maximum atomic E-state index is 11.9. The molecule has 3 rings (SSSR count). The van der Waals surface area contributed by atoms with Gasteiger partial charge in [-0.1, -0.05) is 41.0 Å². The van der Waals surface area contributed by atoms with Crippen LogP contribution in [-0.4, -0.2) is 48.2 Å². The van der Waals surface area contributed by atoms with E-state index in [2.05, 4.69) is 4.99 Å². The Hall–Kier alpha value is -0.470. The van der Waals surface area contributed by atoms with Crippen LogP contribution in [0.1, 0.15) is 0 Å². The average molecular weight is 414 g/mol. The number of fused-ring (bicyclic) bond motifs is 1. The van der Waals surface area contributed by atoms with Gasteiger partial charge in [-0.2, -0.15) is 4.99 Å². The second-order valence-electron chi connectivity index (χ2n) is 5.17. The van der Waals surface area contributed by atoms with Crippen LogP contribution in [0.15, 0.2) is 23.2 Å². The predicted octanol–water partition coefficient (Wildman–Crippen LogP) is 2.83. The monoisotopic (exact) mass is 412 g/mol. The third-order valence-corrected chi connectivity index (χ3v) is 7.84. The minimum Gasteiger partial charge on any atom is -0.314 e. The molecular weight excluding hydrogens is 403 g/mol. The Morgan fingerprint density at radius 1 is 1.35 bits per heavy atom. The number of anilines is 1. The Kier molecular flexibility index (Phi) is 4.86. The molecule has 23 heavy (non-hydrogen) atoms. The zero-order valence-corrected chi connectivity index (χ0v) is 15.5. The number of sulfone groups is 1. The van der Waals surface area contributed by atoms with Crippen LogP contribution in [0.25, 0.3) is 0 Å². The van der Waals surface area contributed by atoms with Gasteiger partial charge in [0.1, 0.15) is 5.88 Å². The molecule has 0 radical (unpaired) electrons. The van der Waals surface area contributed by atoms with Gasteiger partial charge in [0.25, 0.3) is 5.91 Å². The summed E-state index contributed by atoms with van der Waals surface area (Å²) in [5, 5.41) is 0.855. The minimum absolute atomic E-state index is 0.0123. The van der Waals surface area contributed by atoms with E-state index in [1.54, 1.807) is 23.1 Å². The molecule has 5 nitrogen and oxygen atoms in total. The molecule has 0 aromatic heterocycles. The molecule has 124 valence electrons. The molecule has 2 aliphatic heterocycles. The Bertz CT molecular complexity index is 798. The molecule has 2 aliphatic rings. The van der Waals surface area contributed by atoms with Gasteiger partial charge in [0.05, 0.1) is 33.3 Å². The normalized spacial score (nSPS) is 27.4. The lowest BCUT2D eigenvalue weighted by Gasteiger charge is -2.25. The van der Waals surface area contributed by atoms with E-state index >= 15 is 0 Å². The molecule has 0 aliphatic carbocycles. The van der Waals surface area contributed by atoms with Crippen molar-refractivity contribution in [3.8, 4) is 0 Å². The highest BCUT2D eigenvalue weighted by Gasteiger charge is 2.49. The highest BCUT2D eigenvalue weighted by atomic mass is 35.5. The van der Waals surface area contributed by atoms with E-state index in [4.69, 9.17) is 34.8 Å². The molecule has 2 saturated heterocycles. The lowest BCUT2D eigenvalue weighted by atomic mass is 10.2. The number of hydrogen-bond acceptors (Lipinski definition) is 4. The third-order valence-electron chi connectivity index (χ3n) is 3.59. The number of alkyl halides is 1. The van der Waals surface area contributed by atoms with E-state index in [9.17, 15) is 13.2 Å². The van der Waals surface area contributed by atoms with Gasteiger partial charge >= 0.3 is 0 Å². The zero-order chi connectivity index (χ0) is 16.8. The number of aliphatic imine (C=N–C) groups is 1. The third kappa shape index (κ3) is 3.35. The molecular formula is C13H11Cl3N2O3S2. The van der Waals surface area contributed by atoms with Gasteiger partial charge in [-0.05, 0) is 12.1 Å². The van der Waals surface area contributed by atoms with E-state index in [0.717, 1.165) is 0 Å². The van der Waals surface area contributed by atoms with E-state index < -0.39 is 15.7 Å². The fourth-order valence-electron chi connectivity index (χ4n) is 2.66. The Morgan fingerprint density at radius 2 is 2.09 bits per heavy atom. The summed E-state index contributed by atoms with van der Waals surface area (Å²) in [6.45, 7) is 0. The first-order valence-corrected chi connectivity index (χ1v) is 10.6. The van der Waals surface area contributed by atoms with Crippen LogP contribution in [-0.2, 0) is 14.6 Å². The molecule has 2 heterocycles. The topological polar surface area (TPSA) is 66.8 Å². The standard InChI is InChI=1S/C13H11Cl3N2O3S2/c14-4-11(19)17-13-18(8-3-1-2-7(15)12(8)16)9-5-23(20,21)6-10(9)22-13/h1-3,9-10H,4-6H2/t9-,10-/m1/s1. The van der Waals surface area contributed by atoms with Crippen LogP contribution in [0.3, 0.4) is 0 Å². The van der Waals surface area contributed by atoms with Crippen molar-refractivity contribution in [1.82, 2.24) is 0 Å². The number of carbonyl (C=O) groups excluding carboxylic acids is 1. The largest absolute Gasteiger partial charge is 0.314 e. The molecule has 0 saturated carbocycles. The average Bonchev–Trinajstić information content (AvgIpc) is 2.93. The number of benzene rings is 1. The minimum atomic E-state index is -3.13. The Morgan fingerprint density at radius 3 is 2.78 bits per heavy atom. The molecule has 2 fully saturated rings. The van der Waals surface area contributed by atoms with E-state index in [-0.39, 0.29) is 28.7 Å². The van der Waals surface area contributed by atoms with Crippen molar-refractivity contribution in [3.63, 3.8) is 0 Å². The number of halogens is 3. The summed E-state index contributed by atoms with van der Waals surface area (Å²) in [6, 6.07) is 4.75. The molecule has 1 amide bonds. The van der Waals surface area contributed by atoms with Gasteiger partial charge in [0.15, 0.2) is 15.0 Å². The number of hydrogen-bond donors (Lipinski definition) is 0. The fraction of sp³-hybridized carbons (Fsp3) is 0.385. The van der Waals surface area contributed by atoms with Gasteiger partial charge < -0.3 is 4.90 Å². The summed E-state index contributed by atoms with van der Waals surface area (Å²) in [6.07, 6.45) is 0. The lowest BCUT2D eigenvalue weighted by molar-refractivity contribution is -0.115. The van der Waals surface area contributed by atoms with Crippen LogP contribution in [0.4, 0.5) is 5.69 Å². The Balaban J connectivity index is 2.09. The smallest absolute Gasteiger partial charge is 0.262 e. The van der Waals surface area contributed by atoms with Crippen LogP contribution in [0, 0.1) is 0 Å². The fourth-order valence-corrected chi connectivity index (χ4v) is 7.03. The maximum absolute atomic E-state index is 11.9. The summed E-state index contributed by atoms with van der Waals surface area (Å²) in [4.78, 5) is 17.3. The van der Waals surface area contributed by atoms with Gasteiger partial charge in [-0.25, -0.2) is 8.42 Å². The van der Waals surface area contributed by atoms with Gasteiger partial charge in [-0.3, -0.25) is 4.79 Å². The maximum Gasteiger partial charge on any atom is 0.262 e. The number of amidine groups is 1. The van der Waals surface area contributed by atoms with Crippen molar-refractivity contribution >= 4 is 73.2 Å². The summed E-state index contributed by atoms with van der Waals surface area (Å²) in [7, 11) is -3.13. The predicted molar refractivity (Wildman–Crippen MR) is 95.9 cm³/mol. The first kappa shape index (κ1) is 17.4. The SMILES string of the molecule is O=C(CCl)N=C1S[C@@H]2CS(=O)(=O)C[C@H]2N1c1cccc(Cl)c1Cl. The second kappa shape index (κ2) is 6.44. The molecule has 1 aromatic carbocycles. The van der Waals surface area contributed by atoms with Crippen molar-refractivity contribution in [2.75, 3.05) is 22.3 Å². The summed E-state index contributed by atoms with van der Waals surface area (Å²) in [5.74, 6) is -0.693. The molecule has 0 spiro atoms. The number of carbonyl (C=O) groups is 1. The van der Waals surface area contributed by atoms with Crippen molar-refractivity contribution < 1.29 is 13.2 Å². The Labute approximate surface area is 152 Å².